The van der Waals surface area contributed by atoms with Crippen LogP contribution in [0.4, 0.5) is 5.69 Å². The third-order valence-corrected chi connectivity index (χ3v) is 6.40. The lowest BCUT2D eigenvalue weighted by atomic mass is 9.85. The lowest BCUT2D eigenvalue weighted by Gasteiger charge is -2.33. The predicted molar refractivity (Wildman–Crippen MR) is 128 cm³/mol. The van der Waals surface area contributed by atoms with Gasteiger partial charge >= 0.3 is 5.97 Å². The summed E-state index contributed by atoms with van der Waals surface area (Å²) >= 11 is 0. The van der Waals surface area contributed by atoms with Gasteiger partial charge in [-0.2, -0.15) is 0 Å². The summed E-state index contributed by atoms with van der Waals surface area (Å²) in [4.78, 5) is 15.7. The van der Waals surface area contributed by atoms with Gasteiger partial charge < -0.3 is 15.7 Å². The molecule has 4 rings (SSSR count). The van der Waals surface area contributed by atoms with Crippen LogP contribution in [0.2, 0.25) is 0 Å². The van der Waals surface area contributed by atoms with Crippen LogP contribution in [-0.4, -0.2) is 29.1 Å². The van der Waals surface area contributed by atoms with Crippen LogP contribution in [0.5, 0.6) is 0 Å². The lowest BCUT2D eigenvalue weighted by molar-refractivity contribution is -0.136. The maximum Gasteiger partial charge on any atom is 0.307 e. The van der Waals surface area contributed by atoms with Crippen LogP contribution in [-0.2, 0) is 17.6 Å². The number of aromatic nitrogens is 1. The minimum absolute atomic E-state index is 0.0558. The van der Waals surface area contributed by atoms with E-state index >= 15 is 0 Å². The molecule has 3 N–H and O–H groups in total. The van der Waals surface area contributed by atoms with E-state index in [0.717, 1.165) is 36.5 Å². The molecule has 5 nitrogen and oxygen atoms in total. The van der Waals surface area contributed by atoms with Gasteiger partial charge in [-0.15, -0.1) is 0 Å². The topological polar surface area (TPSA) is 74.2 Å². The van der Waals surface area contributed by atoms with Crippen LogP contribution in [0.15, 0.2) is 66.9 Å². The fourth-order valence-electron chi connectivity index (χ4n) is 4.70. The normalized spacial score (nSPS) is 17.1. The smallest absolute Gasteiger partial charge is 0.307 e. The van der Waals surface area contributed by atoms with Crippen molar-refractivity contribution in [1.29, 1.82) is 0 Å². The summed E-state index contributed by atoms with van der Waals surface area (Å²) in [6.07, 6.45) is 2.85. The van der Waals surface area contributed by atoms with E-state index in [4.69, 9.17) is 5.11 Å². The molecule has 2 heterocycles. The van der Waals surface area contributed by atoms with Gasteiger partial charge in [-0.1, -0.05) is 55.5 Å². The van der Waals surface area contributed by atoms with Crippen molar-refractivity contribution in [3.8, 4) is 0 Å². The van der Waals surface area contributed by atoms with Crippen molar-refractivity contribution < 1.29 is 9.90 Å². The van der Waals surface area contributed by atoms with E-state index in [1.807, 2.05) is 24.4 Å². The number of nitrogens with one attached hydrogen (secondary N) is 2. The van der Waals surface area contributed by atoms with Crippen LogP contribution in [0, 0.1) is 12.8 Å². The molecule has 0 fully saturated rings. The zero-order chi connectivity index (χ0) is 22.5. The molecular formula is C27H31N3O2. The Morgan fingerprint density at radius 1 is 1.19 bits per heavy atom. The highest BCUT2D eigenvalue weighted by Crippen LogP contribution is 2.32. The first-order chi connectivity index (χ1) is 15.5. The summed E-state index contributed by atoms with van der Waals surface area (Å²) in [5.74, 6) is -0.156. The second-order valence-corrected chi connectivity index (χ2v) is 8.80. The second kappa shape index (κ2) is 9.96. The van der Waals surface area contributed by atoms with Gasteiger partial charge in [0.15, 0.2) is 0 Å². The van der Waals surface area contributed by atoms with Gasteiger partial charge in [0.05, 0.1) is 17.8 Å². The zero-order valence-electron chi connectivity index (χ0n) is 18.7. The van der Waals surface area contributed by atoms with Crippen molar-refractivity contribution >= 4 is 11.7 Å². The van der Waals surface area contributed by atoms with E-state index in [1.54, 1.807) is 0 Å². The number of pyridine rings is 1. The number of benzene rings is 2. The highest BCUT2D eigenvalue weighted by Gasteiger charge is 2.28. The number of aliphatic carboxylic acids is 1. The van der Waals surface area contributed by atoms with Gasteiger partial charge in [0.2, 0.25) is 0 Å². The van der Waals surface area contributed by atoms with Crippen LogP contribution in [0.3, 0.4) is 0 Å². The molecule has 0 bridgehead atoms. The Bertz CT molecular complexity index is 1070. The maximum atomic E-state index is 11.1. The molecule has 32 heavy (non-hydrogen) atoms. The standard InChI is InChI=1S/C27H31N3O2/c1-18-10-11-20(14-26(31)32)13-23(18)19(2)16-30-27(21-7-4-3-5-8-21)22-15-25-24(29-17-22)9-6-12-28-25/h3-13,19,22,27,29-30H,14-17H2,1-2H3,(H,31,32)/t19-,22+,27+/m0/s1. The summed E-state index contributed by atoms with van der Waals surface area (Å²) in [6, 6.07) is 20.9. The summed E-state index contributed by atoms with van der Waals surface area (Å²) in [6.45, 7) is 6.01. The SMILES string of the molecule is Cc1ccc(CC(=O)O)cc1[C@@H](C)CN[C@H](c1ccccc1)[C@H]1CNc2cccnc2C1. The molecule has 0 unspecified atom stereocenters. The molecule has 2 aromatic carbocycles. The Kier molecular flexibility index (Phi) is 6.86. The van der Waals surface area contributed by atoms with Crippen molar-refractivity contribution in [3.05, 3.63) is 94.8 Å². The number of nitrogens with zero attached hydrogens (tertiary/aromatic N) is 1. The molecule has 1 aliphatic heterocycles. The fraction of sp³-hybridized carbons (Fsp3) is 0.333. The fourth-order valence-corrected chi connectivity index (χ4v) is 4.70. The van der Waals surface area contributed by atoms with Crippen LogP contribution in [0.1, 0.15) is 46.8 Å². The monoisotopic (exact) mass is 429 g/mol. The number of hydrogen-bond acceptors (Lipinski definition) is 4. The highest BCUT2D eigenvalue weighted by atomic mass is 16.4. The Labute approximate surface area is 189 Å². The van der Waals surface area contributed by atoms with Crippen molar-refractivity contribution in [3.63, 3.8) is 0 Å². The van der Waals surface area contributed by atoms with Gasteiger partial charge in [-0.05, 0) is 53.6 Å². The number of anilines is 1. The Morgan fingerprint density at radius 2 is 2.00 bits per heavy atom. The molecule has 5 heteroatoms. The lowest BCUT2D eigenvalue weighted by Crippen LogP contribution is -2.37. The first kappa shape index (κ1) is 22.0. The van der Waals surface area contributed by atoms with E-state index in [1.165, 1.54) is 16.7 Å². The van der Waals surface area contributed by atoms with E-state index in [-0.39, 0.29) is 18.4 Å². The summed E-state index contributed by atoms with van der Waals surface area (Å²) in [5.41, 5.74) is 6.79. The van der Waals surface area contributed by atoms with Gasteiger partial charge in [0.25, 0.3) is 0 Å². The third-order valence-electron chi connectivity index (χ3n) is 6.40. The first-order valence-electron chi connectivity index (χ1n) is 11.3. The van der Waals surface area contributed by atoms with E-state index in [9.17, 15) is 4.79 Å². The third kappa shape index (κ3) is 5.17. The van der Waals surface area contributed by atoms with Crippen molar-refractivity contribution in [2.24, 2.45) is 5.92 Å². The zero-order valence-corrected chi connectivity index (χ0v) is 18.7. The van der Waals surface area contributed by atoms with Gasteiger partial charge in [0, 0.05) is 31.2 Å². The number of carboxylic acids is 1. The van der Waals surface area contributed by atoms with Crippen molar-refractivity contribution in [1.82, 2.24) is 10.3 Å². The van der Waals surface area contributed by atoms with Crippen LogP contribution >= 0.6 is 0 Å². The van der Waals surface area contributed by atoms with Gasteiger partial charge in [0.1, 0.15) is 0 Å². The molecule has 3 aromatic rings. The Balaban J connectivity index is 1.52. The second-order valence-electron chi connectivity index (χ2n) is 8.80. The Morgan fingerprint density at radius 3 is 2.78 bits per heavy atom. The summed E-state index contributed by atoms with van der Waals surface area (Å²) in [5, 5.41) is 16.6. The van der Waals surface area contributed by atoms with Crippen LogP contribution in [0.25, 0.3) is 0 Å². The molecule has 0 radical (unpaired) electrons. The maximum absolute atomic E-state index is 11.1. The first-order valence-corrected chi connectivity index (χ1v) is 11.3. The molecular weight excluding hydrogens is 398 g/mol. The van der Waals surface area contributed by atoms with Gasteiger partial charge in [-0.3, -0.25) is 9.78 Å². The average molecular weight is 430 g/mol. The minimum atomic E-state index is -0.798. The largest absolute Gasteiger partial charge is 0.481 e. The number of rotatable bonds is 8. The molecule has 166 valence electrons. The molecule has 1 aromatic heterocycles. The minimum Gasteiger partial charge on any atom is -0.481 e. The molecule has 0 aliphatic carbocycles. The van der Waals surface area contributed by atoms with Crippen LogP contribution < -0.4 is 10.6 Å². The molecule has 0 amide bonds. The molecule has 0 spiro atoms. The molecule has 0 saturated carbocycles. The summed E-state index contributed by atoms with van der Waals surface area (Å²) < 4.78 is 0. The number of fused-ring (bicyclic) bond motifs is 1. The average Bonchev–Trinajstić information content (AvgIpc) is 2.80. The Hall–Kier alpha value is -3.18. The van der Waals surface area contributed by atoms with Crippen molar-refractivity contribution in [2.45, 2.75) is 38.6 Å². The number of carbonyl (C=O) groups is 1. The number of carboxylic acid groups (broad SMARTS) is 1. The molecule has 1 aliphatic rings. The van der Waals surface area contributed by atoms with E-state index < -0.39 is 5.97 Å². The van der Waals surface area contributed by atoms with Crippen molar-refractivity contribution in [2.75, 3.05) is 18.4 Å². The summed E-state index contributed by atoms with van der Waals surface area (Å²) in [7, 11) is 0. The highest BCUT2D eigenvalue weighted by molar-refractivity contribution is 5.70. The van der Waals surface area contributed by atoms with E-state index in [2.05, 4.69) is 71.9 Å². The number of aryl methyl sites for hydroxylation is 1. The molecule has 0 saturated heterocycles. The quantitative estimate of drug-likeness (QED) is 0.482. The molecule has 3 atom stereocenters. The predicted octanol–water partition coefficient (Wildman–Crippen LogP) is 4.74. The van der Waals surface area contributed by atoms with E-state index in [0.29, 0.717) is 5.92 Å². The van der Waals surface area contributed by atoms with Gasteiger partial charge in [-0.25, -0.2) is 0 Å². The number of hydrogen-bond donors (Lipinski definition) is 3.